The van der Waals surface area contributed by atoms with Gasteiger partial charge in [0.25, 0.3) is 0 Å². The fourth-order valence-electron chi connectivity index (χ4n) is 3.65. The number of nitrogens with one attached hydrogen (secondary N) is 1. The largest absolute Gasteiger partial charge is 0.508 e. The molecule has 25 heavy (non-hydrogen) atoms. The number of aromatic amines is 1. The van der Waals surface area contributed by atoms with Gasteiger partial charge in [0.2, 0.25) is 0 Å². The minimum atomic E-state index is 0.0156. The molecule has 3 heterocycles. The third kappa shape index (κ3) is 3.20. The Hall–Kier alpha value is -2.53. The van der Waals surface area contributed by atoms with Crippen LogP contribution in [0.5, 0.6) is 5.75 Å². The van der Waals surface area contributed by atoms with Gasteiger partial charge in [0.1, 0.15) is 17.3 Å². The van der Waals surface area contributed by atoms with Crippen molar-refractivity contribution in [2.75, 3.05) is 6.54 Å². The Bertz CT molecular complexity index is 852. The number of furan rings is 1. The van der Waals surface area contributed by atoms with Crippen LogP contribution >= 0.6 is 0 Å². The lowest BCUT2D eigenvalue weighted by Crippen LogP contribution is -2.35. The second-order valence-corrected chi connectivity index (χ2v) is 6.60. The smallest absolute Gasteiger partial charge is 0.118 e. The van der Waals surface area contributed by atoms with E-state index in [2.05, 4.69) is 33.9 Å². The Balaban J connectivity index is 1.65. The lowest BCUT2D eigenvalue weighted by Gasteiger charge is -2.34. The van der Waals surface area contributed by atoms with Gasteiger partial charge >= 0.3 is 0 Å². The topological polar surface area (TPSA) is 65.3 Å². The number of hydrogen-bond donors (Lipinski definition) is 2. The van der Waals surface area contributed by atoms with Crippen molar-refractivity contribution < 1.29 is 9.52 Å². The van der Waals surface area contributed by atoms with Gasteiger partial charge in [0.15, 0.2) is 0 Å². The Labute approximate surface area is 147 Å². The van der Waals surface area contributed by atoms with Crippen LogP contribution in [0.3, 0.4) is 0 Å². The summed E-state index contributed by atoms with van der Waals surface area (Å²) in [5.41, 5.74) is 3.27. The molecule has 0 spiro atoms. The molecule has 5 heteroatoms. The van der Waals surface area contributed by atoms with Crippen molar-refractivity contribution in [3.63, 3.8) is 0 Å². The van der Waals surface area contributed by atoms with Gasteiger partial charge in [-0.05, 0) is 36.2 Å². The average Bonchev–Trinajstić information content (AvgIpc) is 3.24. The summed E-state index contributed by atoms with van der Waals surface area (Å²) in [6.45, 7) is 3.81. The summed E-state index contributed by atoms with van der Waals surface area (Å²) in [4.78, 5) is 10.2. The maximum Gasteiger partial charge on any atom is 0.118 e. The highest BCUT2D eigenvalue weighted by Gasteiger charge is 2.31. The molecular formula is C20H23N3O2. The number of benzene rings is 1. The van der Waals surface area contributed by atoms with E-state index in [0.29, 0.717) is 0 Å². The fraction of sp³-hybridized carbons (Fsp3) is 0.350. The monoisotopic (exact) mass is 337 g/mol. The number of aromatic hydroxyl groups is 1. The molecule has 5 nitrogen and oxygen atoms in total. The molecule has 3 aromatic rings. The van der Waals surface area contributed by atoms with Crippen molar-refractivity contribution in [1.29, 1.82) is 0 Å². The molecule has 4 rings (SSSR count). The number of H-pyrrole nitrogens is 1. The lowest BCUT2D eigenvalue weighted by molar-refractivity contribution is 0.183. The van der Waals surface area contributed by atoms with Crippen LogP contribution in [0.1, 0.15) is 47.9 Å². The molecule has 0 fully saturated rings. The predicted octanol–water partition coefficient (Wildman–Crippen LogP) is 3.81. The van der Waals surface area contributed by atoms with Crippen LogP contribution in [0.2, 0.25) is 0 Å². The number of phenolic OH excluding ortho intramolecular Hbond substituents is 1. The molecule has 1 aromatic carbocycles. The standard InChI is InChI=1S/C20H23N3O2/c1-2-4-16-7-8-17(25-16)12-23-10-9-18-19(22-13-21-18)20(23)14-5-3-6-15(24)11-14/h3,5-8,11,13,20,24H,2,4,9-10,12H2,1H3,(H,21,22)/t20-/m0/s1. The molecule has 2 N–H and O–H groups in total. The molecule has 1 aliphatic heterocycles. The number of nitrogens with zero attached hydrogens (tertiary/aromatic N) is 2. The van der Waals surface area contributed by atoms with Crippen molar-refractivity contribution in [3.8, 4) is 5.75 Å². The van der Waals surface area contributed by atoms with Crippen LogP contribution in [0.15, 0.2) is 47.1 Å². The zero-order valence-corrected chi connectivity index (χ0v) is 14.4. The van der Waals surface area contributed by atoms with Crippen molar-refractivity contribution in [2.45, 2.75) is 38.8 Å². The Morgan fingerprint density at radius 2 is 2.16 bits per heavy atom. The minimum Gasteiger partial charge on any atom is -0.508 e. The summed E-state index contributed by atoms with van der Waals surface area (Å²) in [6.07, 6.45) is 4.75. The molecule has 1 atom stereocenters. The maximum atomic E-state index is 9.92. The van der Waals surface area contributed by atoms with Gasteiger partial charge in [-0.1, -0.05) is 19.1 Å². The number of rotatable bonds is 5. The molecule has 2 aromatic heterocycles. The highest BCUT2D eigenvalue weighted by molar-refractivity contribution is 5.36. The van der Waals surface area contributed by atoms with Crippen LogP contribution in [0.25, 0.3) is 0 Å². The quantitative estimate of drug-likeness (QED) is 0.743. The van der Waals surface area contributed by atoms with Crippen molar-refractivity contribution in [1.82, 2.24) is 14.9 Å². The SMILES string of the molecule is CCCc1ccc(CN2CCc3[nH]cnc3[C@@H]2c2cccc(O)c2)o1. The highest BCUT2D eigenvalue weighted by atomic mass is 16.3. The van der Waals surface area contributed by atoms with Crippen molar-refractivity contribution in [3.05, 3.63) is 71.2 Å². The summed E-state index contributed by atoms with van der Waals surface area (Å²) in [5.74, 6) is 2.31. The van der Waals surface area contributed by atoms with Crippen LogP contribution in [-0.2, 0) is 19.4 Å². The molecule has 0 saturated carbocycles. The van der Waals surface area contributed by atoms with Crippen LogP contribution in [-0.4, -0.2) is 26.5 Å². The van der Waals surface area contributed by atoms with Crippen molar-refractivity contribution in [2.24, 2.45) is 0 Å². The summed E-state index contributed by atoms with van der Waals surface area (Å²) in [5, 5.41) is 9.92. The van der Waals surface area contributed by atoms with Gasteiger partial charge in [-0.25, -0.2) is 4.98 Å². The van der Waals surface area contributed by atoms with Crippen molar-refractivity contribution >= 4 is 0 Å². The van der Waals surface area contributed by atoms with E-state index < -0.39 is 0 Å². The average molecular weight is 337 g/mol. The van der Waals surface area contributed by atoms with E-state index >= 15 is 0 Å². The zero-order chi connectivity index (χ0) is 17.2. The molecule has 0 bridgehead atoms. The summed E-state index contributed by atoms with van der Waals surface area (Å²) in [7, 11) is 0. The number of phenols is 1. The first kappa shape index (κ1) is 16.0. The van der Waals surface area contributed by atoms with Gasteiger partial charge in [-0.2, -0.15) is 0 Å². The molecule has 0 amide bonds. The number of hydrogen-bond acceptors (Lipinski definition) is 4. The minimum absolute atomic E-state index is 0.0156. The first-order valence-corrected chi connectivity index (χ1v) is 8.87. The van der Waals surface area contributed by atoms with Gasteiger partial charge in [0, 0.05) is 25.1 Å². The number of aryl methyl sites for hydroxylation is 1. The lowest BCUT2D eigenvalue weighted by atomic mass is 9.95. The second kappa shape index (κ2) is 6.76. The van der Waals surface area contributed by atoms with E-state index in [-0.39, 0.29) is 11.8 Å². The first-order valence-electron chi connectivity index (χ1n) is 8.87. The fourth-order valence-corrected chi connectivity index (χ4v) is 3.65. The molecule has 0 unspecified atom stereocenters. The Kier molecular flexibility index (Phi) is 4.32. The molecule has 1 aliphatic rings. The van der Waals surface area contributed by atoms with E-state index in [0.717, 1.165) is 55.1 Å². The van der Waals surface area contributed by atoms with Crippen LogP contribution < -0.4 is 0 Å². The summed E-state index contributed by atoms with van der Waals surface area (Å²) in [6, 6.07) is 11.6. The van der Waals surface area contributed by atoms with Gasteiger partial charge in [-0.15, -0.1) is 0 Å². The number of imidazole rings is 1. The molecular weight excluding hydrogens is 314 g/mol. The highest BCUT2D eigenvalue weighted by Crippen LogP contribution is 2.35. The number of fused-ring (bicyclic) bond motifs is 1. The van der Waals surface area contributed by atoms with E-state index in [4.69, 9.17) is 4.42 Å². The summed E-state index contributed by atoms with van der Waals surface area (Å²) < 4.78 is 5.98. The molecule has 130 valence electrons. The van der Waals surface area contributed by atoms with Gasteiger partial charge in [-0.3, -0.25) is 4.90 Å². The van der Waals surface area contributed by atoms with Gasteiger partial charge in [0.05, 0.1) is 24.6 Å². The van der Waals surface area contributed by atoms with E-state index in [9.17, 15) is 5.11 Å². The Morgan fingerprint density at radius 1 is 1.28 bits per heavy atom. The molecule has 0 radical (unpaired) electrons. The first-order chi connectivity index (χ1) is 12.2. The third-order valence-electron chi connectivity index (χ3n) is 4.78. The van der Waals surface area contributed by atoms with E-state index in [1.54, 1.807) is 12.4 Å². The number of aromatic nitrogens is 2. The third-order valence-corrected chi connectivity index (χ3v) is 4.78. The predicted molar refractivity (Wildman–Crippen MR) is 95.4 cm³/mol. The summed E-state index contributed by atoms with van der Waals surface area (Å²) >= 11 is 0. The van der Waals surface area contributed by atoms with E-state index in [1.807, 2.05) is 18.2 Å². The van der Waals surface area contributed by atoms with Crippen LogP contribution in [0.4, 0.5) is 0 Å². The molecule has 0 saturated heterocycles. The van der Waals surface area contributed by atoms with Gasteiger partial charge < -0.3 is 14.5 Å². The Morgan fingerprint density at radius 3 is 3.00 bits per heavy atom. The van der Waals surface area contributed by atoms with Crippen LogP contribution in [0, 0.1) is 0 Å². The zero-order valence-electron chi connectivity index (χ0n) is 14.4. The molecule has 0 aliphatic carbocycles. The second-order valence-electron chi connectivity index (χ2n) is 6.60. The maximum absolute atomic E-state index is 9.92. The van der Waals surface area contributed by atoms with E-state index in [1.165, 1.54) is 5.69 Å². The normalized spacial score (nSPS) is 17.6.